The molecule has 4 aromatic carbocycles. The number of hydrogen-bond donors (Lipinski definition) is 0. The zero-order chi connectivity index (χ0) is 28.4. The first-order chi connectivity index (χ1) is 19.3. The highest BCUT2D eigenvalue weighted by molar-refractivity contribution is 8.02. The average molecular weight is 550 g/mol. The van der Waals surface area contributed by atoms with E-state index in [0.29, 0.717) is 5.57 Å². The summed E-state index contributed by atoms with van der Waals surface area (Å²) in [5.41, 5.74) is 4.85. The smallest absolute Gasteiger partial charge is 0.335 e. The minimum atomic E-state index is -0.574. The lowest BCUT2D eigenvalue weighted by Crippen LogP contribution is -2.27. The molecule has 0 fully saturated rings. The van der Waals surface area contributed by atoms with Gasteiger partial charge in [-0.3, -0.25) is 0 Å². The summed E-state index contributed by atoms with van der Waals surface area (Å²) in [7, 11) is 0. The van der Waals surface area contributed by atoms with Crippen molar-refractivity contribution < 1.29 is 9.53 Å². The molecule has 0 bridgehead atoms. The van der Waals surface area contributed by atoms with Gasteiger partial charge in [0.05, 0.1) is 5.57 Å². The van der Waals surface area contributed by atoms with Crippen molar-refractivity contribution in [3.63, 3.8) is 0 Å². The maximum Gasteiger partial charge on any atom is 0.335 e. The molecular weight excluding hydrogens is 510 g/mol. The van der Waals surface area contributed by atoms with E-state index in [4.69, 9.17) is 4.74 Å². The fourth-order valence-corrected chi connectivity index (χ4v) is 5.50. The molecule has 1 atom stereocenters. The summed E-state index contributed by atoms with van der Waals surface area (Å²) in [5.74, 6) is -0.361. The van der Waals surface area contributed by atoms with Crippen molar-refractivity contribution in [2.24, 2.45) is 0 Å². The van der Waals surface area contributed by atoms with Crippen LogP contribution in [0, 0.1) is 0 Å². The predicted molar refractivity (Wildman–Crippen MR) is 168 cm³/mol. The first-order valence-electron chi connectivity index (χ1n) is 13.9. The monoisotopic (exact) mass is 549 g/mol. The minimum Gasteiger partial charge on any atom is -0.457 e. The van der Waals surface area contributed by atoms with Gasteiger partial charge in [0, 0.05) is 29.6 Å². The van der Waals surface area contributed by atoms with Crippen molar-refractivity contribution in [3.8, 4) is 0 Å². The van der Waals surface area contributed by atoms with Gasteiger partial charge in [-0.1, -0.05) is 110 Å². The molecule has 0 aliphatic heterocycles. The van der Waals surface area contributed by atoms with E-state index in [1.165, 1.54) is 11.1 Å². The number of anilines is 1. The van der Waals surface area contributed by atoms with E-state index in [-0.39, 0.29) is 11.9 Å². The fourth-order valence-electron chi connectivity index (χ4n) is 4.66. The Hall–Kier alpha value is -3.76. The lowest BCUT2D eigenvalue weighted by atomic mass is 9.89. The first-order valence-corrected chi connectivity index (χ1v) is 14.8. The van der Waals surface area contributed by atoms with Crippen molar-refractivity contribution in [2.45, 2.75) is 63.6 Å². The Morgan fingerprint density at radius 3 is 1.88 bits per heavy atom. The molecule has 4 heteroatoms. The molecule has 0 spiro atoms. The molecule has 40 heavy (non-hydrogen) atoms. The summed E-state index contributed by atoms with van der Waals surface area (Å²) in [6.45, 7) is 9.45. The Bertz CT molecular complexity index is 1340. The predicted octanol–water partition coefficient (Wildman–Crippen LogP) is 9.40. The van der Waals surface area contributed by atoms with E-state index in [9.17, 15) is 4.79 Å². The Balaban J connectivity index is 1.69. The molecular formula is C36H39NO2S. The number of esters is 1. The van der Waals surface area contributed by atoms with Gasteiger partial charge in [0.25, 0.3) is 0 Å². The summed E-state index contributed by atoms with van der Waals surface area (Å²) in [4.78, 5) is 17.0. The fraction of sp³-hybridized carbons (Fsp3) is 0.250. The summed E-state index contributed by atoms with van der Waals surface area (Å²) in [5, 5.41) is 1.98. The van der Waals surface area contributed by atoms with Crippen LogP contribution in [0.15, 0.2) is 131 Å². The lowest BCUT2D eigenvalue weighted by molar-refractivity contribution is -0.150. The zero-order valence-corrected chi connectivity index (χ0v) is 24.7. The molecule has 0 aliphatic rings. The van der Waals surface area contributed by atoms with E-state index in [1.807, 2.05) is 44.4 Å². The molecule has 0 unspecified atom stereocenters. The molecule has 0 N–H and O–H groups in total. The molecule has 3 nitrogen and oxygen atoms in total. The van der Waals surface area contributed by atoms with E-state index in [2.05, 4.69) is 109 Å². The van der Waals surface area contributed by atoms with E-state index >= 15 is 0 Å². The summed E-state index contributed by atoms with van der Waals surface area (Å²) < 4.78 is 5.90. The summed E-state index contributed by atoms with van der Waals surface area (Å²) in [6, 6.07) is 39.9. The maximum absolute atomic E-state index is 13.5. The number of carbonyl (C=O) groups excluding carboxylic acids is 1. The molecule has 0 radical (unpaired) electrons. The molecule has 0 heterocycles. The summed E-state index contributed by atoms with van der Waals surface area (Å²) >= 11 is 1.56. The van der Waals surface area contributed by atoms with E-state index in [0.717, 1.165) is 35.7 Å². The number of benzene rings is 4. The topological polar surface area (TPSA) is 29.5 Å². The maximum atomic E-state index is 13.5. The highest BCUT2D eigenvalue weighted by atomic mass is 32.2. The Labute approximate surface area is 243 Å². The van der Waals surface area contributed by atoms with Gasteiger partial charge in [-0.2, -0.15) is 0 Å². The van der Waals surface area contributed by atoms with Crippen molar-refractivity contribution in [1.82, 2.24) is 0 Å². The van der Waals surface area contributed by atoms with Gasteiger partial charge in [-0.15, -0.1) is 0 Å². The largest absolute Gasteiger partial charge is 0.457 e. The van der Waals surface area contributed by atoms with Crippen molar-refractivity contribution in [1.29, 1.82) is 0 Å². The van der Waals surface area contributed by atoms with Crippen LogP contribution >= 0.6 is 11.8 Å². The van der Waals surface area contributed by atoms with Crippen LogP contribution in [-0.2, 0) is 22.6 Å². The molecule has 0 aromatic heterocycles. The standard InChI is InChI=1S/C36H39NO2S/c1-5-33(34(35(38)39-36(2,3)4)27-40-32-22-13-8-14-23-32)30-20-15-21-31(24-30)37(25-28-16-9-6-10-17-28)26-29-18-11-7-12-19-29/h6-24,27,33H,5,25-26H2,1-4H3/t33-/m0/s1. The summed E-state index contributed by atoms with van der Waals surface area (Å²) in [6.07, 6.45) is 0.779. The highest BCUT2D eigenvalue weighted by Gasteiger charge is 2.27. The van der Waals surface area contributed by atoms with Crippen molar-refractivity contribution in [3.05, 3.63) is 143 Å². The minimum absolute atomic E-state index is 0.0960. The van der Waals surface area contributed by atoms with Crippen molar-refractivity contribution in [2.75, 3.05) is 4.90 Å². The zero-order valence-electron chi connectivity index (χ0n) is 23.9. The van der Waals surface area contributed by atoms with Gasteiger partial charge in [0.1, 0.15) is 5.60 Å². The average Bonchev–Trinajstić information content (AvgIpc) is 2.95. The number of hydrogen-bond acceptors (Lipinski definition) is 4. The normalized spacial score (nSPS) is 12.6. The quantitative estimate of drug-likeness (QED) is 0.106. The van der Waals surface area contributed by atoms with Gasteiger partial charge in [0.2, 0.25) is 0 Å². The number of thioether (sulfide) groups is 1. The molecule has 0 amide bonds. The molecule has 0 saturated heterocycles. The van der Waals surface area contributed by atoms with Crippen LogP contribution in [0.1, 0.15) is 56.7 Å². The van der Waals surface area contributed by atoms with E-state index < -0.39 is 5.60 Å². The molecule has 0 aliphatic carbocycles. The number of rotatable bonds is 11. The number of carbonyl (C=O) groups is 1. The van der Waals surface area contributed by atoms with E-state index in [1.54, 1.807) is 11.8 Å². The van der Waals surface area contributed by atoms with Crippen LogP contribution in [-0.4, -0.2) is 11.6 Å². The third kappa shape index (κ3) is 8.62. The van der Waals surface area contributed by atoms with Crippen LogP contribution < -0.4 is 4.90 Å². The first kappa shape index (κ1) is 29.2. The van der Waals surface area contributed by atoms with Gasteiger partial charge in [-0.25, -0.2) is 4.79 Å². The third-order valence-electron chi connectivity index (χ3n) is 6.55. The van der Waals surface area contributed by atoms with Crippen LogP contribution in [0.25, 0.3) is 0 Å². The van der Waals surface area contributed by atoms with Gasteiger partial charge >= 0.3 is 5.97 Å². The lowest BCUT2D eigenvalue weighted by Gasteiger charge is -2.28. The SMILES string of the molecule is CC[C@H](C(=CSc1ccccc1)C(=O)OC(C)(C)C)c1cccc(N(Cc2ccccc2)Cc2ccccc2)c1. The van der Waals surface area contributed by atoms with Gasteiger partial charge in [0.15, 0.2) is 0 Å². The van der Waals surface area contributed by atoms with Crippen LogP contribution in [0.4, 0.5) is 5.69 Å². The molecule has 4 aromatic rings. The second kappa shape index (κ2) is 14.0. The number of ether oxygens (including phenoxy) is 1. The van der Waals surface area contributed by atoms with Crippen LogP contribution in [0.2, 0.25) is 0 Å². The van der Waals surface area contributed by atoms with Gasteiger partial charge in [-0.05, 0) is 73.6 Å². The molecule has 4 rings (SSSR count). The van der Waals surface area contributed by atoms with Crippen LogP contribution in [0.5, 0.6) is 0 Å². The second-order valence-electron chi connectivity index (χ2n) is 10.9. The Kier molecular flexibility index (Phi) is 10.3. The molecule has 0 saturated carbocycles. The second-order valence-corrected chi connectivity index (χ2v) is 11.8. The van der Waals surface area contributed by atoms with Gasteiger partial charge < -0.3 is 9.64 Å². The molecule has 206 valence electrons. The number of nitrogens with zero attached hydrogens (tertiary/aromatic N) is 1. The highest BCUT2D eigenvalue weighted by Crippen LogP contribution is 2.35. The Morgan fingerprint density at radius 2 is 1.35 bits per heavy atom. The third-order valence-corrected chi connectivity index (χ3v) is 7.47. The van der Waals surface area contributed by atoms with Crippen molar-refractivity contribution >= 4 is 23.4 Å². The Morgan fingerprint density at radius 1 is 0.800 bits per heavy atom. The van der Waals surface area contributed by atoms with Crippen LogP contribution in [0.3, 0.4) is 0 Å².